The highest BCUT2D eigenvalue weighted by Gasteiger charge is 2.28. The van der Waals surface area contributed by atoms with Crippen LogP contribution in [0.15, 0.2) is 18.2 Å². The Morgan fingerprint density at radius 3 is 2.56 bits per heavy atom. The predicted molar refractivity (Wildman–Crippen MR) is 60.2 cm³/mol. The molecule has 0 aliphatic rings. The number of hydrogen-bond acceptors (Lipinski definition) is 2. The Morgan fingerprint density at radius 1 is 1.38 bits per heavy atom. The molecule has 0 fully saturated rings. The van der Waals surface area contributed by atoms with E-state index < -0.39 is 5.92 Å². The predicted octanol–water partition coefficient (Wildman–Crippen LogP) is 2.57. The van der Waals surface area contributed by atoms with E-state index in [-0.39, 0.29) is 5.56 Å². The molecule has 1 rings (SSSR count). The summed E-state index contributed by atoms with van der Waals surface area (Å²) in [4.78, 5) is 0. The molecule has 0 amide bonds. The third-order valence-electron chi connectivity index (χ3n) is 2.45. The largest absolute Gasteiger partial charge is 0.496 e. The molecular formula is C12H17F2NO. The van der Waals surface area contributed by atoms with Crippen LogP contribution < -0.4 is 10.1 Å². The minimum atomic E-state index is -2.84. The van der Waals surface area contributed by atoms with Crippen molar-refractivity contribution < 1.29 is 13.5 Å². The van der Waals surface area contributed by atoms with Gasteiger partial charge in [0.25, 0.3) is 5.92 Å². The smallest absolute Gasteiger partial charge is 0.270 e. The Labute approximate surface area is 94.6 Å². The van der Waals surface area contributed by atoms with Gasteiger partial charge in [0.1, 0.15) is 5.75 Å². The van der Waals surface area contributed by atoms with Crippen LogP contribution in [0, 0.1) is 0 Å². The van der Waals surface area contributed by atoms with E-state index in [0.29, 0.717) is 24.3 Å². The van der Waals surface area contributed by atoms with E-state index in [4.69, 9.17) is 4.74 Å². The number of alkyl halides is 2. The van der Waals surface area contributed by atoms with Gasteiger partial charge < -0.3 is 10.1 Å². The molecule has 0 spiro atoms. The Bertz CT molecular complexity index is 347. The average molecular weight is 229 g/mol. The second-order valence-electron chi connectivity index (χ2n) is 3.73. The molecule has 1 N–H and O–H groups in total. The van der Waals surface area contributed by atoms with Crippen LogP contribution >= 0.6 is 0 Å². The molecule has 0 aliphatic heterocycles. The topological polar surface area (TPSA) is 21.3 Å². The lowest BCUT2D eigenvalue weighted by molar-refractivity contribution is 0.0163. The van der Waals surface area contributed by atoms with Crippen LogP contribution in [0.1, 0.15) is 18.1 Å². The molecule has 0 atom stereocenters. The maximum Gasteiger partial charge on any atom is 0.270 e. The fourth-order valence-electron chi connectivity index (χ4n) is 1.68. The fraction of sp³-hybridized carbons (Fsp3) is 0.500. The molecule has 90 valence electrons. The Kier molecular flexibility index (Phi) is 4.24. The SMILES string of the molecule is CNCCc1c(OC)cccc1C(C)(F)F. The monoisotopic (exact) mass is 229 g/mol. The molecule has 0 unspecified atom stereocenters. The van der Waals surface area contributed by atoms with E-state index in [1.54, 1.807) is 19.2 Å². The molecule has 16 heavy (non-hydrogen) atoms. The quantitative estimate of drug-likeness (QED) is 0.837. The average Bonchev–Trinajstić information content (AvgIpc) is 2.24. The number of hydrogen-bond donors (Lipinski definition) is 1. The first-order chi connectivity index (χ1) is 7.50. The number of nitrogens with one attached hydrogen (secondary N) is 1. The van der Waals surface area contributed by atoms with E-state index in [0.717, 1.165) is 6.92 Å². The zero-order valence-corrected chi connectivity index (χ0v) is 9.81. The molecule has 0 aromatic heterocycles. The zero-order chi connectivity index (χ0) is 12.2. The molecule has 4 heteroatoms. The summed E-state index contributed by atoms with van der Waals surface area (Å²) in [6.07, 6.45) is 0.527. The summed E-state index contributed by atoms with van der Waals surface area (Å²) in [7, 11) is 3.29. The molecule has 0 bridgehead atoms. The standard InChI is InChI=1S/C12H17F2NO/c1-12(13,14)10-5-4-6-11(16-3)9(10)7-8-15-2/h4-6,15H,7-8H2,1-3H3. The third-order valence-corrected chi connectivity index (χ3v) is 2.45. The third kappa shape index (κ3) is 2.92. The van der Waals surface area contributed by atoms with E-state index in [2.05, 4.69) is 5.32 Å². The minimum Gasteiger partial charge on any atom is -0.496 e. The van der Waals surface area contributed by atoms with Gasteiger partial charge >= 0.3 is 0 Å². The Morgan fingerprint density at radius 2 is 2.06 bits per heavy atom. The summed E-state index contributed by atoms with van der Waals surface area (Å²) in [5.41, 5.74) is 0.619. The van der Waals surface area contributed by atoms with Crippen molar-refractivity contribution in [3.63, 3.8) is 0 Å². The van der Waals surface area contributed by atoms with Crippen molar-refractivity contribution in [1.29, 1.82) is 0 Å². The lowest BCUT2D eigenvalue weighted by Gasteiger charge is -2.18. The van der Waals surface area contributed by atoms with Gasteiger partial charge in [0, 0.05) is 18.1 Å². The number of rotatable bonds is 5. The first kappa shape index (κ1) is 12.9. The highest BCUT2D eigenvalue weighted by Crippen LogP contribution is 2.34. The molecule has 1 aromatic rings. The fourth-order valence-corrected chi connectivity index (χ4v) is 1.68. The van der Waals surface area contributed by atoms with Crippen LogP contribution in [0.5, 0.6) is 5.75 Å². The van der Waals surface area contributed by atoms with Gasteiger partial charge in [0.2, 0.25) is 0 Å². The highest BCUT2D eigenvalue weighted by atomic mass is 19.3. The zero-order valence-electron chi connectivity index (χ0n) is 9.81. The maximum absolute atomic E-state index is 13.4. The van der Waals surface area contributed by atoms with Gasteiger partial charge in [-0.25, -0.2) is 8.78 Å². The summed E-state index contributed by atoms with van der Waals surface area (Å²) in [5.74, 6) is -2.31. The van der Waals surface area contributed by atoms with Crippen molar-refractivity contribution >= 4 is 0 Å². The number of methoxy groups -OCH3 is 1. The molecule has 0 radical (unpaired) electrons. The number of halogens is 2. The van der Waals surface area contributed by atoms with Gasteiger partial charge in [-0.05, 0) is 26.1 Å². The van der Waals surface area contributed by atoms with Crippen molar-refractivity contribution in [2.75, 3.05) is 20.7 Å². The maximum atomic E-state index is 13.4. The molecule has 0 saturated carbocycles. The molecule has 2 nitrogen and oxygen atoms in total. The van der Waals surface area contributed by atoms with Gasteiger partial charge in [0.05, 0.1) is 7.11 Å². The molecular weight excluding hydrogens is 212 g/mol. The summed E-state index contributed by atoms with van der Waals surface area (Å²) >= 11 is 0. The van der Waals surface area contributed by atoms with E-state index in [9.17, 15) is 8.78 Å². The van der Waals surface area contributed by atoms with Crippen LogP contribution in [0.3, 0.4) is 0 Å². The summed E-state index contributed by atoms with van der Waals surface area (Å²) in [5, 5.41) is 2.95. The molecule has 0 heterocycles. The van der Waals surface area contributed by atoms with Crippen molar-refractivity contribution in [3.05, 3.63) is 29.3 Å². The van der Waals surface area contributed by atoms with E-state index in [1.807, 2.05) is 0 Å². The second kappa shape index (κ2) is 5.25. The van der Waals surface area contributed by atoms with Crippen LogP contribution in [-0.2, 0) is 12.3 Å². The molecule has 0 saturated heterocycles. The van der Waals surface area contributed by atoms with E-state index >= 15 is 0 Å². The Hall–Kier alpha value is -1.16. The van der Waals surface area contributed by atoms with Gasteiger partial charge in [-0.2, -0.15) is 0 Å². The van der Waals surface area contributed by atoms with Crippen molar-refractivity contribution in [1.82, 2.24) is 5.32 Å². The summed E-state index contributed by atoms with van der Waals surface area (Å²) in [6.45, 7) is 1.55. The second-order valence-corrected chi connectivity index (χ2v) is 3.73. The minimum absolute atomic E-state index is 0.0436. The van der Waals surface area contributed by atoms with Crippen LogP contribution in [0.4, 0.5) is 8.78 Å². The van der Waals surface area contributed by atoms with Gasteiger partial charge in [0.15, 0.2) is 0 Å². The first-order valence-corrected chi connectivity index (χ1v) is 5.19. The van der Waals surface area contributed by atoms with Crippen molar-refractivity contribution in [2.45, 2.75) is 19.3 Å². The molecule has 1 aromatic carbocycles. The summed E-state index contributed by atoms with van der Waals surface area (Å²) in [6, 6.07) is 4.75. The lowest BCUT2D eigenvalue weighted by Crippen LogP contribution is -2.16. The van der Waals surface area contributed by atoms with E-state index in [1.165, 1.54) is 13.2 Å². The number of ether oxygens (including phenoxy) is 1. The lowest BCUT2D eigenvalue weighted by atomic mass is 9.99. The normalized spacial score (nSPS) is 11.6. The van der Waals surface area contributed by atoms with Crippen LogP contribution in [-0.4, -0.2) is 20.7 Å². The van der Waals surface area contributed by atoms with Crippen molar-refractivity contribution in [2.24, 2.45) is 0 Å². The van der Waals surface area contributed by atoms with Gasteiger partial charge in [-0.15, -0.1) is 0 Å². The highest BCUT2D eigenvalue weighted by molar-refractivity contribution is 5.42. The number of likely N-dealkylation sites (N-methyl/N-ethyl adjacent to an activating group) is 1. The van der Waals surface area contributed by atoms with Crippen LogP contribution in [0.25, 0.3) is 0 Å². The van der Waals surface area contributed by atoms with Gasteiger partial charge in [-0.3, -0.25) is 0 Å². The molecule has 0 aliphatic carbocycles. The number of benzene rings is 1. The first-order valence-electron chi connectivity index (χ1n) is 5.19. The van der Waals surface area contributed by atoms with Crippen molar-refractivity contribution in [3.8, 4) is 5.75 Å². The van der Waals surface area contributed by atoms with Crippen LogP contribution in [0.2, 0.25) is 0 Å². The van der Waals surface area contributed by atoms with Gasteiger partial charge in [-0.1, -0.05) is 12.1 Å². The Balaban J connectivity index is 3.15. The summed E-state index contributed by atoms with van der Waals surface area (Å²) < 4.78 is 31.9.